The van der Waals surface area contributed by atoms with Crippen LogP contribution in [0.3, 0.4) is 0 Å². The summed E-state index contributed by atoms with van der Waals surface area (Å²) in [6, 6.07) is 24.1. The van der Waals surface area contributed by atoms with E-state index in [1.165, 1.54) is 0 Å². The Hall–Kier alpha value is -4.03. The number of hydrogen-bond donors (Lipinski definition) is 3. The molecule has 0 aliphatic rings. The van der Waals surface area contributed by atoms with Gasteiger partial charge in [0.05, 0.1) is 24.2 Å². The zero-order chi connectivity index (χ0) is 20.8. The second kappa shape index (κ2) is 8.98. The zero-order valence-electron chi connectivity index (χ0n) is 16.1. The number of anilines is 3. The second-order valence-electron chi connectivity index (χ2n) is 6.67. The van der Waals surface area contributed by atoms with Crippen molar-refractivity contribution in [2.75, 3.05) is 10.6 Å². The number of carbonyl (C=O) groups is 1. The van der Waals surface area contributed by atoms with Crippen LogP contribution < -0.4 is 10.6 Å². The molecule has 4 rings (SSSR count). The number of nitrogens with one attached hydrogen (secondary N) is 2. The Morgan fingerprint density at radius 3 is 2.50 bits per heavy atom. The molecule has 0 aliphatic heterocycles. The molecule has 0 atom stereocenters. The number of aliphatic hydroxyl groups is 1. The quantitative estimate of drug-likeness (QED) is 0.442. The Labute approximate surface area is 174 Å². The summed E-state index contributed by atoms with van der Waals surface area (Å²) in [5.41, 5.74) is 4.33. The summed E-state index contributed by atoms with van der Waals surface area (Å²) in [5, 5.41) is 15.4. The normalized spacial score (nSPS) is 10.4. The number of amides is 1. The van der Waals surface area contributed by atoms with Crippen LogP contribution in [0.4, 0.5) is 17.2 Å². The Kier molecular flexibility index (Phi) is 5.78. The lowest BCUT2D eigenvalue weighted by molar-refractivity contribution is 0.102. The number of aromatic nitrogens is 2. The van der Waals surface area contributed by atoms with Gasteiger partial charge in [-0.3, -0.25) is 9.78 Å². The first kappa shape index (κ1) is 19.3. The van der Waals surface area contributed by atoms with Gasteiger partial charge in [-0.15, -0.1) is 0 Å². The minimum absolute atomic E-state index is 0.0577. The van der Waals surface area contributed by atoms with Crippen LogP contribution in [0.25, 0.3) is 11.3 Å². The molecule has 0 saturated carbocycles. The van der Waals surface area contributed by atoms with Gasteiger partial charge in [0.1, 0.15) is 5.82 Å². The van der Waals surface area contributed by atoms with Crippen molar-refractivity contribution in [2.24, 2.45) is 0 Å². The van der Waals surface area contributed by atoms with Crippen molar-refractivity contribution < 1.29 is 9.90 Å². The summed E-state index contributed by atoms with van der Waals surface area (Å²) in [6.45, 7) is -0.0577. The Bertz CT molecular complexity index is 1150. The van der Waals surface area contributed by atoms with Crippen molar-refractivity contribution in [3.8, 4) is 11.3 Å². The van der Waals surface area contributed by atoms with Crippen LogP contribution >= 0.6 is 0 Å². The molecule has 30 heavy (non-hydrogen) atoms. The summed E-state index contributed by atoms with van der Waals surface area (Å²) in [5.74, 6) is 0.455. The van der Waals surface area contributed by atoms with Crippen LogP contribution in [0.15, 0.2) is 91.3 Å². The number of rotatable bonds is 6. The highest BCUT2D eigenvalue weighted by atomic mass is 16.3. The molecule has 4 aromatic rings. The van der Waals surface area contributed by atoms with Gasteiger partial charge in [-0.2, -0.15) is 0 Å². The van der Waals surface area contributed by atoms with Crippen molar-refractivity contribution in [1.29, 1.82) is 0 Å². The van der Waals surface area contributed by atoms with Crippen LogP contribution in [-0.2, 0) is 6.61 Å². The van der Waals surface area contributed by atoms with Crippen LogP contribution in [0.2, 0.25) is 0 Å². The van der Waals surface area contributed by atoms with E-state index < -0.39 is 0 Å². The maximum Gasteiger partial charge on any atom is 0.255 e. The molecule has 2 aromatic heterocycles. The van der Waals surface area contributed by atoms with Gasteiger partial charge < -0.3 is 15.7 Å². The first-order chi connectivity index (χ1) is 14.7. The predicted octanol–water partition coefficient (Wildman–Crippen LogP) is 4.63. The Balaban J connectivity index is 1.46. The van der Waals surface area contributed by atoms with Crippen molar-refractivity contribution >= 4 is 23.1 Å². The Morgan fingerprint density at radius 2 is 1.73 bits per heavy atom. The summed E-state index contributed by atoms with van der Waals surface area (Å²) in [4.78, 5) is 21.4. The fraction of sp³-hybridized carbons (Fsp3) is 0.0417. The van der Waals surface area contributed by atoms with E-state index in [2.05, 4.69) is 20.6 Å². The van der Waals surface area contributed by atoms with E-state index in [0.29, 0.717) is 22.8 Å². The number of hydrogen-bond acceptors (Lipinski definition) is 5. The maximum absolute atomic E-state index is 12.7. The predicted molar refractivity (Wildman–Crippen MR) is 118 cm³/mol. The lowest BCUT2D eigenvalue weighted by Gasteiger charge is -2.09. The molecular formula is C24H20N4O2. The molecule has 148 valence electrons. The number of pyridine rings is 2. The summed E-state index contributed by atoms with van der Waals surface area (Å²) >= 11 is 0. The molecule has 2 aromatic carbocycles. The zero-order valence-corrected chi connectivity index (χ0v) is 16.1. The Morgan fingerprint density at radius 1 is 0.867 bits per heavy atom. The number of carbonyl (C=O) groups excluding carboxylic acids is 1. The molecule has 0 radical (unpaired) electrons. The van der Waals surface area contributed by atoms with Crippen molar-refractivity contribution in [2.45, 2.75) is 6.61 Å². The second-order valence-corrected chi connectivity index (χ2v) is 6.67. The van der Waals surface area contributed by atoms with E-state index in [0.717, 1.165) is 16.8 Å². The van der Waals surface area contributed by atoms with Gasteiger partial charge in [0, 0.05) is 23.0 Å². The van der Waals surface area contributed by atoms with Crippen LogP contribution in [0.1, 0.15) is 15.9 Å². The van der Waals surface area contributed by atoms with Gasteiger partial charge in [0.25, 0.3) is 5.91 Å². The number of benzene rings is 2. The smallest absolute Gasteiger partial charge is 0.255 e. The minimum atomic E-state index is -0.235. The molecule has 6 nitrogen and oxygen atoms in total. The molecule has 3 N–H and O–H groups in total. The van der Waals surface area contributed by atoms with Gasteiger partial charge in [-0.25, -0.2) is 4.98 Å². The number of nitrogens with zero attached hydrogens (tertiary/aromatic N) is 2. The van der Waals surface area contributed by atoms with Crippen LogP contribution in [0, 0.1) is 0 Å². The van der Waals surface area contributed by atoms with Crippen molar-refractivity contribution in [3.63, 3.8) is 0 Å². The molecular weight excluding hydrogens is 376 g/mol. The van der Waals surface area contributed by atoms with Gasteiger partial charge in [0.2, 0.25) is 0 Å². The summed E-state index contributed by atoms with van der Waals surface area (Å²) in [6.07, 6.45) is 3.25. The number of para-hydroxylation sites is 1. The average Bonchev–Trinajstić information content (AvgIpc) is 2.81. The maximum atomic E-state index is 12.7. The van der Waals surface area contributed by atoms with E-state index in [1.54, 1.807) is 42.7 Å². The van der Waals surface area contributed by atoms with Gasteiger partial charge in [-0.05, 0) is 54.1 Å². The fourth-order valence-electron chi connectivity index (χ4n) is 2.96. The largest absolute Gasteiger partial charge is 0.392 e. The molecule has 0 unspecified atom stereocenters. The summed E-state index contributed by atoms with van der Waals surface area (Å²) in [7, 11) is 0. The highest BCUT2D eigenvalue weighted by Gasteiger charge is 2.09. The average molecular weight is 396 g/mol. The minimum Gasteiger partial charge on any atom is -0.392 e. The summed E-state index contributed by atoms with van der Waals surface area (Å²) < 4.78 is 0. The van der Waals surface area contributed by atoms with E-state index in [4.69, 9.17) is 0 Å². The molecule has 0 aliphatic carbocycles. The first-order valence-electron chi connectivity index (χ1n) is 9.47. The first-order valence-corrected chi connectivity index (χ1v) is 9.47. The van der Waals surface area contributed by atoms with E-state index in [9.17, 15) is 9.90 Å². The molecule has 6 heteroatoms. The molecule has 2 heterocycles. The monoisotopic (exact) mass is 396 g/mol. The van der Waals surface area contributed by atoms with E-state index >= 15 is 0 Å². The van der Waals surface area contributed by atoms with E-state index in [1.807, 2.05) is 48.5 Å². The molecule has 0 saturated heterocycles. The van der Waals surface area contributed by atoms with Crippen molar-refractivity contribution in [1.82, 2.24) is 9.97 Å². The van der Waals surface area contributed by atoms with Gasteiger partial charge >= 0.3 is 0 Å². The topological polar surface area (TPSA) is 87.1 Å². The van der Waals surface area contributed by atoms with Crippen LogP contribution in [-0.4, -0.2) is 21.0 Å². The lowest BCUT2D eigenvalue weighted by atomic mass is 10.1. The standard InChI is InChI=1S/C24H20N4O2/c29-16-17-11-12-25-22(13-17)18-5-4-6-19(14-18)24(30)28-21-9-10-23(26-15-21)27-20-7-2-1-3-8-20/h1-15,29H,16H2,(H,26,27)(H,28,30). The highest BCUT2D eigenvalue weighted by molar-refractivity contribution is 6.04. The van der Waals surface area contributed by atoms with Gasteiger partial charge in [0.15, 0.2) is 0 Å². The third kappa shape index (κ3) is 4.68. The molecule has 0 bridgehead atoms. The highest BCUT2D eigenvalue weighted by Crippen LogP contribution is 2.21. The van der Waals surface area contributed by atoms with Crippen molar-refractivity contribution in [3.05, 3.63) is 102 Å². The third-order valence-electron chi connectivity index (χ3n) is 4.49. The lowest BCUT2D eigenvalue weighted by Crippen LogP contribution is -2.12. The SMILES string of the molecule is O=C(Nc1ccc(Nc2ccccc2)nc1)c1cccc(-c2cc(CO)ccn2)c1. The molecule has 0 fully saturated rings. The van der Waals surface area contributed by atoms with Gasteiger partial charge in [-0.1, -0.05) is 30.3 Å². The molecule has 1 amide bonds. The third-order valence-corrected chi connectivity index (χ3v) is 4.49. The van der Waals surface area contributed by atoms with E-state index in [-0.39, 0.29) is 12.5 Å². The van der Waals surface area contributed by atoms with Crippen LogP contribution in [0.5, 0.6) is 0 Å². The number of aliphatic hydroxyl groups excluding tert-OH is 1. The molecule has 0 spiro atoms. The fourth-order valence-corrected chi connectivity index (χ4v) is 2.96.